The summed E-state index contributed by atoms with van der Waals surface area (Å²) < 4.78 is 28.6. The predicted molar refractivity (Wildman–Crippen MR) is 54.4 cm³/mol. The summed E-state index contributed by atoms with van der Waals surface area (Å²) in [7, 11) is 1.23. The lowest BCUT2D eigenvalue weighted by atomic mass is 9.79. The molecular formula is C10H12BFO3. The number of rotatable bonds is 4. The van der Waals surface area contributed by atoms with Crippen LogP contribution in [0.15, 0.2) is 18.2 Å². The molecule has 1 aromatic rings. The van der Waals surface area contributed by atoms with Crippen LogP contribution in [0.4, 0.5) is 4.39 Å². The van der Waals surface area contributed by atoms with Crippen molar-refractivity contribution < 1.29 is 18.4 Å². The largest absolute Gasteiger partial charge is 0.494 e. The summed E-state index contributed by atoms with van der Waals surface area (Å²) >= 11 is 0. The second kappa shape index (κ2) is 4.74. The standard InChI is InChI=1S/C10H12BFO3/c1-13-4-5-14-11-10-3-2-9(12)6-8(10)7-15-11/h2-3,6H,4-5,7H2,1H3. The van der Waals surface area contributed by atoms with Gasteiger partial charge >= 0.3 is 7.12 Å². The maximum absolute atomic E-state index is 12.9. The summed E-state index contributed by atoms with van der Waals surface area (Å²) in [4.78, 5) is 0. The Morgan fingerprint density at radius 1 is 1.47 bits per heavy atom. The second-order valence-corrected chi connectivity index (χ2v) is 3.35. The zero-order valence-electron chi connectivity index (χ0n) is 8.53. The van der Waals surface area contributed by atoms with E-state index in [-0.39, 0.29) is 12.9 Å². The van der Waals surface area contributed by atoms with Gasteiger partial charge in [-0.2, -0.15) is 0 Å². The molecule has 0 N–H and O–H groups in total. The third-order valence-electron chi connectivity index (χ3n) is 2.31. The van der Waals surface area contributed by atoms with Crippen LogP contribution in [0, 0.1) is 5.82 Å². The maximum Gasteiger partial charge on any atom is 0.494 e. The molecule has 1 heterocycles. The number of hydrogen-bond acceptors (Lipinski definition) is 3. The molecule has 0 amide bonds. The molecule has 0 bridgehead atoms. The van der Waals surface area contributed by atoms with Gasteiger partial charge in [0.2, 0.25) is 0 Å². The van der Waals surface area contributed by atoms with Gasteiger partial charge in [-0.05, 0) is 23.2 Å². The van der Waals surface area contributed by atoms with E-state index in [4.69, 9.17) is 14.0 Å². The van der Waals surface area contributed by atoms with Gasteiger partial charge in [0.1, 0.15) is 5.82 Å². The maximum atomic E-state index is 12.9. The number of hydrogen-bond donors (Lipinski definition) is 0. The molecule has 2 rings (SSSR count). The lowest BCUT2D eigenvalue weighted by molar-refractivity contribution is 0.126. The van der Waals surface area contributed by atoms with Crippen molar-refractivity contribution in [3.63, 3.8) is 0 Å². The van der Waals surface area contributed by atoms with Gasteiger partial charge in [0, 0.05) is 7.11 Å². The molecule has 0 saturated carbocycles. The third kappa shape index (κ3) is 2.37. The van der Waals surface area contributed by atoms with Gasteiger partial charge in [0.25, 0.3) is 0 Å². The fraction of sp³-hybridized carbons (Fsp3) is 0.400. The van der Waals surface area contributed by atoms with Crippen molar-refractivity contribution in [3.8, 4) is 0 Å². The van der Waals surface area contributed by atoms with Crippen LogP contribution in [0.25, 0.3) is 0 Å². The van der Waals surface area contributed by atoms with E-state index in [1.54, 1.807) is 13.2 Å². The lowest BCUT2D eigenvalue weighted by Crippen LogP contribution is -2.33. The Kier molecular flexibility index (Phi) is 3.35. The van der Waals surface area contributed by atoms with Gasteiger partial charge in [-0.25, -0.2) is 4.39 Å². The fourth-order valence-electron chi connectivity index (χ4n) is 1.56. The molecule has 0 aliphatic carbocycles. The van der Waals surface area contributed by atoms with Crippen LogP contribution in [-0.2, 0) is 20.7 Å². The fourth-order valence-corrected chi connectivity index (χ4v) is 1.56. The first-order valence-corrected chi connectivity index (χ1v) is 4.81. The van der Waals surface area contributed by atoms with E-state index in [2.05, 4.69) is 0 Å². The summed E-state index contributed by atoms with van der Waals surface area (Å²) in [5.41, 5.74) is 1.77. The van der Waals surface area contributed by atoms with Crippen LogP contribution >= 0.6 is 0 Å². The summed E-state index contributed by atoms with van der Waals surface area (Å²) in [6.45, 7) is 1.40. The highest BCUT2D eigenvalue weighted by Crippen LogP contribution is 2.12. The number of halogens is 1. The zero-order chi connectivity index (χ0) is 10.7. The molecule has 1 aliphatic heterocycles. The monoisotopic (exact) mass is 210 g/mol. The van der Waals surface area contributed by atoms with Crippen LogP contribution in [0.3, 0.4) is 0 Å². The Balaban J connectivity index is 2.02. The third-order valence-corrected chi connectivity index (χ3v) is 2.31. The first kappa shape index (κ1) is 10.6. The minimum absolute atomic E-state index is 0.241. The van der Waals surface area contributed by atoms with Gasteiger partial charge in [0.15, 0.2) is 0 Å². The lowest BCUT2D eigenvalue weighted by Gasteiger charge is -2.07. The molecule has 0 radical (unpaired) electrons. The highest BCUT2D eigenvalue weighted by molar-refractivity contribution is 6.62. The van der Waals surface area contributed by atoms with Gasteiger partial charge < -0.3 is 14.0 Å². The minimum Gasteiger partial charge on any atom is -0.405 e. The predicted octanol–water partition coefficient (Wildman–Crippen LogP) is 0.714. The molecule has 1 aliphatic rings. The van der Waals surface area contributed by atoms with Gasteiger partial charge in [-0.1, -0.05) is 6.07 Å². The normalized spacial score (nSPS) is 14.4. The van der Waals surface area contributed by atoms with Gasteiger partial charge in [-0.15, -0.1) is 0 Å². The van der Waals surface area contributed by atoms with Crippen LogP contribution in [0.1, 0.15) is 5.56 Å². The van der Waals surface area contributed by atoms with Crippen molar-refractivity contribution in [3.05, 3.63) is 29.6 Å². The van der Waals surface area contributed by atoms with Crippen molar-refractivity contribution in [1.29, 1.82) is 0 Å². The number of benzene rings is 1. The van der Waals surface area contributed by atoms with Crippen molar-refractivity contribution in [1.82, 2.24) is 0 Å². The topological polar surface area (TPSA) is 27.7 Å². The quantitative estimate of drug-likeness (QED) is 0.541. The van der Waals surface area contributed by atoms with Crippen molar-refractivity contribution in [2.24, 2.45) is 0 Å². The Morgan fingerprint density at radius 3 is 3.13 bits per heavy atom. The molecule has 0 unspecified atom stereocenters. The molecule has 3 nitrogen and oxygen atoms in total. The molecule has 0 spiro atoms. The Hall–Kier alpha value is -0.905. The summed E-state index contributed by atoms with van der Waals surface area (Å²) in [5, 5.41) is 0. The number of ether oxygens (including phenoxy) is 1. The summed E-state index contributed by atoms with van der Waals surface area (Å²) in [6, 6.07) is 4.60. The van der Waals surface area contributed by atoms with Crippen LogP contribution < -0.4 is 5.46 Å². The Labute approximate surface area is 88.3 Å². The molecule has 0 saturated heterocycles. The molecular weight excluding hydrogens is 198 g/mol. The number of methoxy groups -OCH3 is 1. The molecule has 0 fully saturated rings. The van der Waals surface area contributed by atoms with Crippen LogP contribution in [0.5, 0.6) is 0 Å². The number of fused-ring (bicyclic) bond motifs is 1. The van der Waals surface area contributed by atoms with Crippen molar-refractivity contribution >= 4 is 12.6 Å². The van der Waals surface area contributed by atoms with E-state index < -0.39 is 0 Å². The Bertz CT molecular complexity index is 345. The van der Waals surface area contributed by atoms with E-state index >= 15 is 0 Å². The van der Waals surface area contributed by atoms with Gasteiger partial charge in [-0.3, -0.25) is 0 Å². The Morgan fingerprint density at radius 2 is 2.33 bits per heavy atom. The highest BCUT2D eigenvalue weighted by Gasteiger charge is 2.30. The average Bonchev–Trinajstić information content (AvgIpc) is 2.61. The smallest absolute Gasteiger partial charge is 0.405 e. The molecule has 15 heavy (non-hydrogen) atoms. The van der Waals surface area contributed by atoms with Crippen LogP contribution in [0.2, 0.25) is 0 Å². The first-order chi connectivity index (χ1) is 7.31. The van der Waals surface area contributed by atoms with E-state index in [9.17, 15) is 4.39 Å². The summed E-state index contributed by atoms with van der Waals surface area (Å²) in [5.74, 6) is -0.241. The van der Waals surface area contributed by atoms with E-state index in [1.807, 2.05) is 0 Å². The van der Waals surface area contributed by atoms with E-state index in [0.717, 1.165) is 11.0 Å². The molecule has 80 valence electrons. The first-order valence-electron chi connectivity index (χ1n) is 4.81. The molecule has 0 aromatic heterocycles. The molecule has 1 aromatic carbocycles. The molecule has 5 heteroatoms. The second-order valence-electron chi connectivity index (χ2n) is 3.35. The van der Waals surface area contributed by atoms with Gasteiger partial charge in [0.05, 0.1) is 19.8 Å². The zero-order valence-corrected chi connectivity index (χ0v) is 8.53. The summed E-state index contributed by atoms with van der Waals surface area (Å²) in [6.07, 6.45) is 0. The minimum atomic E-state index is -0.379. The van der Waals surface area contributed by atoms with E-state index in [0.29, 0.717) is 19.8 Å². The van der Waals surface area contributed by atoms with Crippen LogP contribution in [-0.4, -0.2) is 27.4 Å². The molecule has 0 atom stereocenters. The van der Waals surface area contributed by atoms with Crippen molar-refractivity contribution in [2.45, 2.75) is 6.61 Å². The average molecular weight is 210 g/mol. The highest BCUT2D eigenvalue weighted by atomic mass is 19.1. The van der Waals surface area contributed by atoms with E-state index in [1.165, 1.54) is 12.1 Å². The van der Waals surface area contributed by atoms with Crippen molar-refractivity contribution in [2.75, 3.05) is 20.3 Å². The SMILES string of the molecule is COCCOB1OCc2cc(F)ccc21.